The van der Waals surface area contributed by atoms with E-state index in [-0.39, 0.29) is 24.1 Å². The van der Waals surface area contributed by atoms with Gasteiger partial charge in [-0.15, -0.1) is 0 Å². The Hall–Kier alpha value is -3.15. The molecule has 27 heavy (non-hydrogen) atoms. The van der Waals surface area contributed by atoms with Crippen LogP contribution in [0.1, 0.15) is 52.1 Å². The highest BCUT2D eigenvalue weighted by Crippen LogP contribution is 2.18. The van der Waals surface area contributed by atoms with Crippen LogP contribution in [0.2, 0.25) is 0 Å². The van der Waals surface area contributed by atoms with Crippen LogP contribution in [-0.2, 0) is 14.3 Å². The van der Waals surface area contributed by atoms with E-state index < -0.39 is 11.9 Å². The van der Waals surface area contributed by atoms with E-state index in [1.807, 2.05) is 37.3 Å². The van der Waals surface area contributed by atoms with Gasteiger partial charge in [0, 0.05) is 0 Å². The van der Waals surface area contributed by atoms with Crippen LogP contribution in [0.3, 0.4) is 0 Å². The first-order chi connectivity index (χ1) is 13.0. The Morgan fingerprint density at radius 2 is 1.52 bits per heavy atom. The van der Waals surface area contributed by atoms with Gasteiger partial charge in [-0.3, -0.25) is 4.79 Å². The summed E-state index contributed by atoms with van der Waals surface area (Å²) < 4.78 is 9.67. The number of esters is 2. The summed E-state index contributed by atoms with van der Waals surface area (Å²) in [7, 11) is 1.28. The fraction of sp³-hybridized carbons (Fsp3) is 0.286. The molecule has 0 heterocycles. The summed E-state index contributed by atoms with van der Waals surface area (Å²) in [5.74, 6) is -1.48. The lowest BCUT2D eigenvalue weighted by Crippen LogP contribution is -2.32. The molecule has 0 radical (unpaired) electrons. The van der Waals surface area contributed by atoms with Crippen molar-refractivity contribution < 1.29 is 23.9 Å². The standard InChI is InChI=1S/C21H23NO5/c1-3-7-18(15-8-5-4-6-9-15)22-19(23)14-27-21(25)17-12-10-16(11-13-17)20(24)26-2/h4-6,8-13,18H,3,7,14H2,1-2H3,(H,22,23)/t18-/m1/s1. The van der Waals surface area contributed by atoms with Gasteiger partial charge in [-0.25, -0.2) is 9.59 Å². The molecule has 0 unspecified atom stereocenters. The Kier molecular flexibility index (Phi) is 7.55. The second-order valence-corrected chi connectivity index (χ2v) is 5.96. The average Bonchev–Trinajstić information content (AvgIpc) is 2.72. The van der Waals surface area contributed by atoms with Crippen molar-refractivity contribution in [3.63, 3.8) is 0 Å². The topological polar surface area (TPSA) is 81.7 Å². The summed E-state index contributed by atoms with van der Waals surface area (Å²) in [6, 6.07) is 15.4. The largest absolute Gasteiger partial charge is 0.465 e. The Morgan fingerprint density at radius 1 is 0.926 bits per heavy atom. The van der Waals surface area contributed by atoms with E-state index in [0.717, 1.165) is 18.4 Å². The number of amides is 1. The molecule has 1 N–H and O–H groups in total. The van der Waals surface area contributed by atoms with Gasteiger partial charge in [-0.2, -0.15) is 0 Å². The van der Waals surface area contributed by atoms with Gasteiger partial charge in [0.05, 0.1) is 24.3 Å². The van der Waals surface area contributed by atoms with Gasteiger partial charge < -0.3 is 14.8 Å². The molecule has 0 aliphatic rings. The van der Waals surface area contributed by atoms with Crippen molar-refractivity contribution in [2.75, 3.05) is 13.7 Å². The van der Waals surface area contributed by atoms with Gasteiger partial charge in [-0.1, -0.05) is 43.7 Å². The van der Waals surface area contributed by atoms with E-state index in [1.54, 1.807) is 0 Å². The first-order valence-electron chi connectivity index (χ1n) is 8.75. The van der Waals surface area contributed by atoms with Crippen molar-refractivity contribution in [1.82, 2.24) is 5.32 Å². The van der Waals surface area contributed by atoms with Crippen LogP contribution in [0, 0.1) is 0 Å². The van der Waals surface area contributed by atoms with Crippen LogP contribution < -0.4 is 5.32 Å². The lowest BCUT2D eigenvalue weighted by atomic mass is 10.0. The average molecular weight is 369 g/mol. The molecular weight excluding hydrogens is 346 g/mol. The van der Waals surface area contributed by atoms with E-state index in [2.05, 4.69) is 10.1 Å². The van der Waals surface area contributed by atoms with Crippen LogP contribution in [0.5, 0.6) is 0 Å². The van der Waals surface area contributed by atoms with E-state index in [4.69, 9.17) is 4.74 Å². The lowest BCUT2D eigenvalue weighted by Gasteiger charge is -2.18. The molecule has 142 valence electrons. The first-order valence-corrected chi connectivity index (χ1v) is 8.75. The SMILES string of the molecule is CCC[C@@H](NC(=O)COC(=O)c1ccc(C(=O)OC)cc1)c1ccccc1. The number of rotatable bonds is 8. The molecule has 0 saturated carbocycles. The normalized spacial score (nSPS) is 11.3. The third-order valence-corrected chi connectivity index (χ3v) is 3.99. The molecule has 6 nitrogen and oxygen atoms in total. The third kappa shape index (κ3) is 5.95. The Labute approximate surface area is 158 Å². The zero-order chi connectivity index (χ0) is 19.6. The number of hydrogen-bond donors (Lipinski definition) is 1. The lowest BCUT2D eigenvalue weighted by molar-refractivity contribution is -0.125. The number of carbonyl (C=O) groups excluding carboxylic acids is 3. The molecule has 1 amide bonds. The molecule has 6 heteroatoms. The van der Waals surface area contributed by atoms with Crippen molar-refractivity contribution in [1.29, 1.82) is 0 Å². The van der Waals surface area contributed by atoms with Crippen molar-refractivity contribution in [2.24, 2.45) is 0 Å². The van der Waals surface area contributed by atoms with Gasteiger partial charge >= 0.3 is 11.9 Å². The second-order valence-electron chi connectivity index (χ2n) is 5.96. The highest BCUT2D eigenvalue weighted by atomic mass is 16.5. The Morgan fingerprint density at radius 3 is 2.07 bits per heavy atom. The summed E-state index contributed by atoms with van der Waals surface area (Å²) in [6.07, 6.45) is 1.70. The van der Waals surface area contributed by atoms with E-state index in [1.165, 1.54) is 31.4 Å². The number of nitrogens with one attached hydrogen (secondary N) is 1. The van der Waals surface area contributed by atoms with Crippen molar-refractivity contribution in [2.45, 2.75) is 25.8 Å². The molecule has 0 saturated heterocycles. The zero-order valence-electron chi connectivity index (χ0n) is 15.4. The molecule has 2 rings (SSSR count). The summed E-state index contributed by atoms with van der Waals surface area (Å²) in [6.45, 7) is 1.67. The van der Waals surface area contributed by atoms with Crippen molar-refractivity contribution >= 4 is 17.8 Å². The molecule has 2 aromatic carbocycles. The Bertz CT molecular complexity index is 771. The predicted molar refractivity (Wildman–Crippen MR) is 100 cm³/mol. The van der Waals surface area contributed by atoms with Gasteiger partial charge in [0.15, 0.2) is 6.61 Å². The first kappa shape index (κ1) is 20.2. The minimum atomic E-state index is -0.631. The molecule has 0 bridgehead atoms. The van der Waals surface area contributed by atoms with Crippen LogP contribution in [-0.4, -0.2) is 31.6 Å². The Balaban J connectivity index is 1.90. The third-order valence-electron chi connectivity index (χ3n) is 3.99. The predicted octanol–water partition coefficient (Wildman–Crippen LogP) is 3.29. The quantitative estimate of drug-likeness (QED) is 0.722. The molecule has 0 aromatic heterocycles. The zero-order valence-corrected chi connectivity index (χ0v) is 15.4. The molecule has 0 fully saturated rings. The van der Waals surface area contributed by atoms with Crippen molar-refractivity contribution in [3.05, 3.63) is 71.3 Å². The van der Waals surface area contributed by atoms with Gasteiger partial charge in [0.2, 0.25) is 0 Å². The summed E-state index contributed by atoms with van der Waals surface area (Å²) in [5, 5.41) is 2.90. The number of hydrogen-bond acceptors (Lipinski definition) is 5. The van der Waals surface area contributed by atoms with Crippen LogP contribution in [0.4, 0.5) is 0 Å². The minimum Gasteiger partial charge on any atom is -0.465 e. The van der Waals surface area contributed by atoms with E-state index >= 15 is 0 Å². The molecule has 0 aliphatic heterocycles. The molecule has 0 spiro atoms. The van der Waals surface area contributed by atoms with E-state index in [0.29, 0.717) is 5.56 Å². The smallest absolute Gasteiger partial charge is 0.338 e. The summed E-state index contributed by atoms with van der Waals surface area (Å²) in [4.78, 5) is 35.6. The molecule has 0 aliphatic carbocycles. The fourth-order valence-corrected chi connectivity index (χ4v) is 2.61. The van der Waals surface area contributed by atoms with Crippen molar-refractivity contribution in [3.8, 4) is 0 Å². The highest BCUT2D eigenvalue weighted by Gasteiger charge is 2.16. The van der Waals surface area contributed by atoms with Crippen LogP contribution in [0.15, 0.2) is 54.6 Å². The number of methoxy groups -OCH3 is 1. The number of benzene rings is 2. The maximum atomic E-state index is 12.2. The molecular formula is C21H23NO5. The van der Waals surface area contributed by atoms with Gasteiger partial charge in [0.1, 0.15) is 0 Å². The second kappa shape index (κ2) is 10.1. The van der Waals surface area contributed by atoms with E-state index in [9.17, 15) is 14.4 Å². The fourth-order valence-electron chi connectivity index (χ4n) is 2.61. The highest BCUT2D eigenvalue weighted by molar-refractivity contribution is 5.94. The number of carbonyl (C=O) groups is 3. The maximum absolute atomic E-state index is 12.2. The monoisotopic (exact) mass is 369 g/mol. The van der Waals surface area contributed by atoms with Crippen LogP contribution in [0.25, 0.3) is 0 Å². The minimum absolute atomic E-state index is 0.123. The summed E-state index contributed by atoms with van der Waals surface area (Å²) in [5.41, 5.74) is 1.60. The maximum Gasteiger partial charge on any atom is 0.338 e. The van der Waals surface area contributed by atoms with Gasteiger partial charge in [-0.05, 0) is 36.2 Å². The number of ether oxygens (including phenoxy) is 2. The summed E-state index contributed by atoms with van der Waals surface area (Å²) >= 11 is 0. The van der Waals surface area contributed by atoms with Gasteiger partial charge in [0.25, 0.3) is 5.91 Å². The van der Waals surface area contributed by atoms with Crippen LogP contribution >= 0.6 is 0 Å². The molecule has 1 atom stereocenters. The molecule has 2 aromatic rings.